The van der Waals surface area contributed by atoms with E-state index in [4.69, 9.17) is 0 Å². The summed E-state index contributed by atoms with van der Waals surface area (Å²) in [5, 5.41) is 0. The van der Waals surface area contributed by atoms with E-state index in [0.29, 0.717) is 6.42 Å². The molecule has 0 saturated carbocycles. The maximum absolute atomic E-state index is 11.6. The lowest BCUT2D eigenvalue weighted by atomic mass is 9.95. The van der Waals surface area contributed by atoms with Gasteiger partial charge in [-0.2, -0.15) is 0 Å². The predicted molar refractivity (Wildman–Crippen MR) is 94.8 cm³/mol. The minimum Gasteiger partial charge on any atom is -0.343 e. The summed E-state index contributed by atoms with van der Waals surface area (Å²) in [5.74, 6) is 0.475. The van der Waals surface area contributed by atoms with Gasteiger partial charge in [0.2, 0.25) is 11.8 Å². The minimum atomic E-state index is -0.230. The number of carbonyl (C=O) groups excluding carboxylic acids is 2. The average molecular weight is 315 g/mol. The van der Waals surface area contributed by atoms with Crippen LogP contribution in [0.15, 0.2) is 0 Å². The van der Waals surface area contributed by atoms with Crippen LogP contribution in [0.4, 0.5) is 0 Å². The molecule has 0 N–H and O–H groups in total. The van der Waals surface area contributed by atoms with Gasteiger partial charge >= 0.3 is 0 Å². The van der Waals surface area contributed by atoms with Crippen LogP contribution >= 0.6 is 0 Å². The summed E-state index contributed by atoms with van der Waals surface area (Å²) in [6.45, 7) is 22.4. The summed E-state index contributed by atoms with van der Waals surface area (Å²) < 4.78 is 0. The molecule has 0 aliphatic heterocycles. The normalized spacial score (nSPS) is 11.4. The highest BCUT2D eigenvalue weighted by Crippen LogP contribution is 2.16. The second kappa shape index (κ2) is 9.86. The van der Waals surface area contributed by atoms with Crippen molar-refractivity contribution in [2.75, 3.05) is 19.6 Å². The van der Waals surface area contributed by atoms with Crippen molar-refractivity contribution in [3.05, 3.63) is 0 Å². The minimum absolute atomic E-state index is 0.0259. The molecule has 0 atom stereocenters. The van der Waals surface area contributed by atoms with Crippen LogP contribution in [0.3, 0.4) is 0 Å². The summed E-state index contributed by atoms with van der Waals surface area (Å²) in [6.07, 6.45) is 0.602. The first-order chi connectivity index (χ1) is 9.86. The zero-order valence-corrected chi connectivity index (χ0v) is 16.5. The lowest BCUT2D eigenvalue weighted by Gasteiger charge is -2.34. The van der Waals surface area contributed by atoms with Crippen molar-refractivity contribution in [1.29, 1.82) is 0 Å². The summed E-state index contributed by atoms with van der Waals surface area (Å²) in [4.78, 5) is 26.6. The van der Waals surface area contributed by atoms with Crippen molar-refractivity contribution in [3.8, 4) is 0 Å². The van der Waals surface area contributed by atoms with Crippen LogP contribution in [-0.4, -0.2) is 46.8 Å². The van der Waals surface area contributed by atoms with Gasteiger partial charge in [-0.25, -0.2) is 0 Å². The third kappa shape index (κ3) is 8.40. The number of carbonyl (C=O) groups is 2. The molecule has 4 nitrogen and oxygen atoms in total. The maximum Gasteiger partial charge on any atom is 0.227 e. The number of hydrogen-bond acceptors (Lipinski definition) is 2. The van der Waals surface area contributed by atoms with Gasteiger partial charge in [-0.15, -0.1) is 0 Å². The molecule has 0 rings (SSSR count). The summed E-state index contributed by atoms with van der Waals surface area (Å²) in [7, 11) is 0. The number of rotatable bonds is 4. The molecule has 0 radical (unpaired) electrons. The van der Waals surface area contributed by atoms with Crippen molar-refractivity contribution in [3.63, 3.8) is 0 Å². The van der Waals surface area contributed by atoms with Gasteiger partial charge in [0.25, 0.3) is 0 Å². The van der Waals surface area contributed by atoms with Crippen molar-refractivity contribution in [1.82, 2.24) is 9.80 Å². The van der Waals surface area contributed by atoms with Gasteiger partial charge in [0.15, 0.2) is 0 Å². The van der Waals surface area contributed by atoms with Crippen LogP contribution in [0.1, 0.15) is 75.7 Å². The zero-order valence-electron chi connectivity index (χ0n) is 16.5. The zero-order chi connectivity index (χ0) is 18.1. The molecule has 0 aromatic rings. The molecule has 0 aromatic heterocycles. The molecule has 0 aliphatic rings. The smallest absolute Gasteiger partial charge is 0.227 e. The number of nitrogens with zero attached hydrogens (tertiary/aromatic N) is 2. The monoisotopic (exact) mass is 314 g/mol. The standard InChI is InChI=1S/2C9H19NO/c1-6-10(7-2)8(11)9(3,4)5;1-6-8(11)10(7-2)9(3,4)5/h2*6-7H2,1-5H3. The lowest BCUT2D eigenvalue weighted by molar-refractivity contribution is -0.139. The maximum atomic E-state index is 11.6. The highest BCUT2D eigenvalue weighted by Gasteiger charge is 2.25. The third-order valence-corrected chi connectivity index (χ3v) is 3.42. The van der Waals surface area contributed by atoms with Gasteiger partial charge in [0.05, 0.1) is 0 Å². The van der Waals surface area contributed by atoms with Crippen LogP contribution in [0.25, 0.3) is 0 Å². The fourth-order valence-electron chi connectivity index (χ4n) is 2.20. The Labute approximate surface area is 138 Å². The average Bonchev–Trinajstić information content (AvgIpc) is 2.38. The molecule has 132 valence electrons. The molecule has 0 spiro atoms. The molecular formula is C18H38N2O2. The number of hydrogen-bond donors (Lipinski definition) is 0. The van der Waals surface area contributed by atoms with Crippen LogP contribution in [-0.2, 0) is 9.59 Å². The van der Waals surface area contributed by atoms with E-state index in [1.54, 1.807) is 0 Å². The molecule has 22 heavy (non-hydrogen) atoms. The first-order valence-electron chi connectivity index (χ1n) is 8.46. The lowest BCUT2D eigenvalue weighted by Crippen LogP contribution is -2.45. The molecule has 0 heterocycles. The summed E-state index contributed by atoms with van der Waals surface area (Å²) in [6, 6.07) is 0. The van der Waals surface area contributed by atoms with Gasteiger partial charge in [-0.05, 0) is 41.5 Å². The molecular weight excluding hydrogens is 276 g/mol. The molecule has 0 bridgehead atoms. The second-order valence-corrected chi connectivity index (χ2v) is 7.39. The van der Waals surface area contributed by atoms with Crippen LogP contribution in [0.2, 0.25) is 0 Å². The van der Waals surface area contributed by atoms with E-state index in [9.17, 15) is 9.59 Å². The van der Waals surface area contributed by atoms with E-state index in [2.05, 4.69) is 20.8 Å². The SMILES string of the molecule is CCC(=O)N(CC)C(C)(C)C.CCN(CC)C(=O)C(C)(C)C. The van der Waals surface area contributed by atoms with Crippen molar-refractivity contribution < 1.29 is 9.59 Å². The molecule has 0 saturated heterocycles. The Bertz CT molecular complexity index is 334. The Morgan fingerprint density at radius 2 is 1.18 bits per heavy atom. The Hall–Kier alpha value is -1.06. The van der Waals surface area contributed by atoms with Crippen LogP contribution in [0, 0.1) is 5.41 Å². The van der Waals surface area contributed by atoms with Crippen molar-refractivity contribution >= 4 is 11.8 Å². The van der Waals surface area contributed by atoms with E-state index >= 15 is 0 Å². The molecule has 4 heteroatoms. The van der Waals surface area contributed by atoms with E-state index in [-0.39, 0.29) is 22.8 Å². The van der Waals surface area contributed by atoms with E-state index in [1.165, 1.54) is 0 Å². The van der Waals surface area contributed by atoms with E-state index in [1.807, 2.05) is 58.3 Å². The quantitative estimate of drug-likeness (QED) is 0.788. The van der Waals surface area contributed by atoms with Gasteiger partial charge in [0.1, 0.15) is 0 Å². The second-order valence-electron chi connectivity index (χ2n) is 7.39. The Morgan fingerprint density at radius 1 is 0.773 bits per heavy atom. The first-order valence-corrected chi connectivity index (χ1v) is 8.46. The predicted octanol–water partition coefficient (Wildman–Crippen LogP) is 3.94. The molecule has 0 unspecified atom stereocenters. The van der Waals surface area contributed by atoms with E-state index < -0.39 is 0 Å². The highest BCUT2D eigenvalue weighted by atomic mass is 16.2. The molecule has 0 fully saturated rings. The Kier molecular flexibility index (Phi) is 10.4. The summed E-state index contributed by atoms with van der Waals surface area (Å²) >= 11 is 0. The van der Waals surface area contributed by atoms with Crippen LogP contribution in [0.5, 0.6) is 0 Å². The fraction of sp³-hybridized carbons (Fsp3) is 0.889. The molecule has 0 aromatic carbocycles. The van der Waals surface area contributed by atoms with Crippen LogP contribution < -0.4 is 0 Å². The van der Waals surface area contributed by atoms with E-state index in [0.717, 1.165) is 19.6 Å². The molecule has 2 amide bonds. The highest BCUT2D eigenvalue weighted by molar-refractivity contribution is 5.81. The van der Waals surface area contributed by atoms with Gasteiger partial charge in [-0.1, -0.05) is 27.7 Å². The Balaban J connectivity index is 0. The largest absolute Gasteiger partial charge is 0.343 e. The van der Waals surface area contributed by atoms with Crippen molar-refractivity contribution in [2.45, 2.75) is 81.2 Å². The van der Waals surface area contributed by atoms with Crippen molar-refractivity contribution in [2.24, 2.45) is 5.41 Å². The third-order valence-electron chi connectivity index (χ3n) is 3.42. The number of amides is 2. The van der Waals surface area contributed by atoms with Gasteiger partial charge < -0.3 is 9.80 Å². The first kappa shape index (κ1) is 23.2. The topological polar surface area (TPSA) is 40.6 Å². The molecule has 0 aliphatic carbocycles. The summed E-state index contributed by atoms with van der Waals surface area (Å²) in [5.41, 5.74) is -0.256. The fourth-order valence-corrected chi connectivity index (χ4v) is 2.20. The Morgan fingerprint density at radius 3 is 1.27 bits per heavy atom. The van der Waals surface area contributed by atoms with Gasteiger partial charge in [0, 0.05) is 37.0 Å². The van der Waals surface area contributed by atoms with Gasteiger partial charge in [-0.3, -0.25) is 9.59 Å².